The summed E-state index contributed by atoms with van der Waals surface area (Å²) in [6.45, 7) is 2.90. The van der Waals surface area contributed by atoms with Gasteiger partial charge in [-0.15, -0.1) is 0 Å². The van der Waals surface area contributed by atoms with Gasteiger partial charge in [-0.25, -0.2) is 8.78 Å². The summed E-state index contributed by atoms with van der Waals surface area (Å²) in [6, 6.07) is 3.70. The second-order valence-corrected chi connectivity index (χ2v) is 5.44. The predicted octanol–water partition coefficient (Wildman–Crippen LogP) is 1.77. The van der Waals surface area contributed by atoms with Crippen LogP contribution in [0.4, 0.5) is 8.78 Å². The van der Waals surface area contributed by atoms with E-state index in [1.54, 1.807) is 6.07 Å². The van der Waals surface area contributed by atoms with Gasteiger partial charge in [0, 0.05) is 6.42 Å². The van der Waals surface area contributed by atoms with E-state index in [0.717, 1.165) is 30.6 Å². The smallest absolute Gasteiger partial charge is 0.284 e. The standard InChI is InChI=1S/C14H17F2NO/c1-13(18)12-10(8-14(13,15)16)3-2-9-4-6-17-7-5-11(9)12/h2-3,17-18H,4-8H2,1H3. The summed E-state index contributed by atoms with van der Waals surface area (Å²) >= 11 is 0. The van der Waals surface area contributed by atoms with Gasteiger partial charge in [0.05, 0.1) is 0 Å². The van der Waals surface area contributed by atoms with Crippen LogP contribution in [-0.4, -0.2) is 24.1 Å². The van der Waals surface area contributed by atoms with Crippen LogP contribution in [0.1, 0.15) is 29.2 Å². The first-order valence-corrected chi connectivity index (χ1v) is 6.38. The Kier molecular flexibility index (Phi) is 2.51. The fraction of sp³-hybridized carbons (Fsp3) is 0.571. The number of hydrogen-bond donors (Lipinski definition) is 2. The summed E-state index contributed by atoms with van der Waals surface area (Å²) in [5.41, 5.74) is 1.08. The maximum absolute atomic E-state index is 13.9. The van der Waals surface area contributed by atoms with Crippen LogP contribution in [0.2, 0.25) is 0 Å². The molecule has 0 aromatic heterocycles. The molecule has 18 heavy (non-hydrogen) atoms. The van der Waals surface area contributed by atoms with Crippen LogP contribution >= 0.6 is 0 Å². The second kappa shape index (κ2) is 3.75. The number of alkyl halides is 2. The Balaban J connectivity index is 2.20. The molecule has 0 bridgehead atoms. The minimum absolute atomic E-state index is 0.351. The molecule has 0 saturated carbocycles. The minimum Gasteiger partial charge on any atom is -0.379 e. The molecule has 1 heterocycles. The highest BCUT2D eigenvalue weighted by molar-refractivity contribution is 5.50. The largest absolute Gasteiger partial charge is 0.379 e. The number of aliphatic hydroxyl groups is 1. The lowest BCUT2D eigenvalue weighted by molar-refractivity contribution is -0.164. The second-order valence-electron chi connectivity index (χ2n) is 5.44. The van der Waals surface area contributed by atoms with Crippen molar-refractivity contribution in [3.05, 3.63) is 34.4 Å². The van der Waals surface area contributed by atoms with Crippen LogP contribution in [0, 0.1) is 0 Å². The predicted molar refractivity (Wildman–Crippen MR) is 64.9 cm³/mol. The minimum atomic E-state index is -3.07. The van der Waals surface area contributed by atoms with Crippen molar-refractivity contribution in [3.8, 4) is 0 Å². The van der Waals surface area contributed by atoms with Gasteiger partial charge in [-0.05, 0) is 55.1 Å². The summed E-state index contributed by atoms with van der Waals surface area (Å²) in [7, 11) is 0. The third kappa shape index (κ3) is 1.52. The van der Waals surface area contributed by atoms with Crippen LogP contribution in [0.15, 0.2) is 12.1 Å². The SMILES string of the molecule is CC1(O)c2c(ccc3c2CCNCC3)CC1(F)F. The molecule has 1 unspecified atom stereocenters. The Labute approximate surface area is 105 Å². The van der Waals surface area contributed by atoms with Gasteiger partial charge in [0.1, 0.15) is 0 Å². The lowest BCUT2D eigenvalue weighted by Crippen LogP contribution is -2.39. The summed E-state index contributed by atoms with van der Waals surface area (Å²) in [6.07, 6.45) is 1.20. The van der Waals surface area contributed by atoms with Crippen molar-refractivity contribution in [2.24, 2.45) is 0 Å². The first kappa shape index (κ1) is 12.1. The summed E-state index contributed by atoms with van der Waals surface area (Å²) in [5, 5.41) is 13.5. The van der Waals surface area contributed by atoms with E-state index in [9.17, 15) is 13.9 Å². The molecule has 1 aliphatic heterocycles. The molecule has 0 fully saturated rings. The Morgan fingerprint density at radius 1 is 1.17 bits per heavy atom. The van der Waals surface area contributed by atoms with Crippen LogP contribution in [0.5, 0.6) is 0 Å². The maximum Gasteiger partial charge on any atom is 0.284 e. The molecule has 4 heteroatoms. The number of fused-ring (bicyclic) bond motifs is 3. The van der Waals surface area contributed by atoms with Gasteiger partial charge in [0.2, 0.25) is 0 Å². The van der Waals surface area contributed by atoms with Crippen LogP contribution in [-0.2, 0) is 24.9 Å². The van der Waals surface area contributed by atoms with Gasteiger partial charge >= 0.3 is 0 Å². The van der Waals surface area contributed by atoms with Crippen molar-refractivity contribution in [2.45, 2.75) is 37.7 Å². The zero-order valence-corrected chi connectivity index (χ0v) is 10.4. The Morgan fingerprint density at radius 3 is 2.61 bits per heavy atom. The normalized spacial score (nSPS) is 29.6. The van der Waals surface area contributed by atoms with Crippen molar-refractivity contribution < 1.29 is 13.9 Å². The highest BCUT2D eigenvalue weighted by Crippen LogP contribution is 2.49. The molecule has 2 nitrogen and oxygen atoms in total. The highest BCUT2D eigenvalue weighted by Gasteiger charge is 2.57. The molecule has 1 aromatic carbocycles. The van der Waals surface area contributed by atoms with Crippen molar-refractivity contribution in [1.82, 2.24) is 5.32 Å². The fourth-order valence-electron chi connectivity index (χ4n) is 3.17. The molecule has 2 N–H and O–H groups in total. The molecule has 1 atom stereocenters. The molecule has 0 saturated heterocycles. The number of hydrogen-bond acceptors (Lipinski definition) is 2. The summed E-state index contributed by atoms with van der Waals surface area (Å²) in [4.78, 5) is 0. The van der Waals surface area contributed by atoms with Crippen molar-refractivity contribution >= 4 is 0 Å². The molecule has 0 radical (unpaired) electrons. The molecule has 0 spiro atoms. The molecular weight excluding hydrogens is 236 g/mol. The van der Waals surface area contributed by atoms with Crippen molar-refractivity contribution in [2.75, 3.05) is 13.1 Å². The molecule has 2 aliphatic rings. The Bertz CT molecular complexity index is 497. The summed E-state index contributed by atoms with van der Waals surface area (Å²) < 4.78 is 27.8. The van der Waals surface area contributed by atoms with E-state index in [1.165, 1.54) is 6.92 Å². The van der Waals surface area contributed by atoms with Crippen molar-refractivity contribution in [3.63, 3.8) is 0 Å². The third-order valence-corrected chi connectivity index (χ3v) is 4.23. The number of halogens is 2. The van der Waals surface area contributed by atoms with E-state index in [1.807, 2.05) is 6.07 Å². The number of benzene rings is 1. The van der Waals surface area contributed by atoms with E-state index in [-0.39, 0.29) is 6.42 Å². The van der Waals surface area contributed by atoms with Gasteiger partial charge < -0.3 is 10.4 Å². The van der Waals surface area contributed by atoms with Crippen LogP contribution in [0.25, 0.3) is 0 Å². The third-order valence-electron chi connectivity index (χ3n) is 4.23. The topological polar surface area (TPSA) is 32.3 Å². The average Bonchev–Trinajstić information content (AvgIpc) is 2.48. The molecular formula is C14H17F2NO. The van der Waals surface area contributed by atoms with Gasteiger partial charge in [-0.2, -0.15) is 0 Å². The van der Waals surface area contributed by atoms with E-state index in [2.05, 4.69) is 5.32 Å². The monoisotopic (exact) mass is 253 g/mol. The first-order chi connectivity index (χ1) is 8.43. The van der Waals surface area contributed by atoms with E-state index >= 15 is 0 Å². The Hall–Kier alpha value is -1.00. The quantitative estimate of drug-likeness (QED) is 0.738. The van der Waals surface area contributed by atoms with E-state index in [0.29, 0.717) is 17.5 Å². The molecule has 98 valence electrons. The zero-order valence-electron chi connectivity index (χ0n) is 10.4. The molecule has 3 rings (SSSR count). The average molecular weight is 253 g/mol. The fourth-order valence-corrected chi connectivity index (χ4v) is 3.17. The van der Waals surface area contributed by atoms with Crippen LogP contribution < -0.4 is 5.32 Å². The van der Waals surface area contributed by atoms with E-state index < -0.39 is 11.5 Å². The lowest BCUT2D eigenvalue weighted by atomic mass is 9.87. The highest BCUT2D eigenvalue weighted by atomic mass is 19.3. The first-order valence-electron chi connectivity index (χ1n) is 6.38. The van der Waals surface area contributed by atoms with Gasteiger partial charge in [0.15, 0.2) is 5.60 Å². The van der Waals surface area contributed by atoms with Gasteiger partial charge in [0.25, 0.3) is 5.92 Å². The number of nitrogens with one attached hydrogen (secondary N) is 1. The van der Waals surface area contributed by atoms with Crippen molar-refractivity contribution in [1.29, 1.82) is 0 Å². The van der Waals surface area contributed by atoms with Crippen LogP contribution in [0.3, 0.4) is 0 Å². The summed E-state index contributed by atoms with van der Waals surface area (Å²) in [5.74, 6) is -3.07. The maximum atomic E-state index is 13.9. The van der Waals surface area contributed by atoms with Gasteiger partial charge in [-0.1, -0.05) is 12.1 Å². The van der Waals surface area contributed by atoms with Gasteiger partial charge in [-0.3, -0.25) is 0 Å². The lowest BCUT2D eigenvalue weighted by Gasteiger charge is -2.28. The molecule has 1 aromatic rings. The molecule has 0 amide bonds. The molecule has 1 aliphatic carbocycles. The van der Waals surface area contributed by atoms with E-state index in [4.69, 9.17) is 0 Å². The number of rotatable bonds is 0. The zero-order chi connectivity index (χ0) is 13.0. The Morgan fingerprint density at radius 2 is 1.83 bits per heavy atom.